The lowest BCUT2D eigenvalue weighted by molar-refractivity contribution is -0.121. The molecule has 1 atom stereocenters. The summed E-state index contributed by atoms with van der Waals surface area (Å²) in [5.41, 5.74) is 1.33. The number of nitrogens with one attached hydrogen (secondary N) is 2. The molecule has 2 N–H and O–H groups in total. The number of hydrogen-bond donors (Lipinski definition) is 2. The van der Waals surface area contributed by atoms with Crippen molar-refractivity contribution in [3.63, 3.8) is 0 Å². The van der Waals surface area contributed by atoms with E-state index in [2.05, 4.69) is 20.8 Å². The van der Waals surface area contributed by atoms with Crippen LogP contribution in [-0.2, 0) is 22.6 Å². The Bertz CT molecular complexity index is 1150. The molecular formula is C23H25Cl2N5O3S. The van der Waals surface area contributed by atoms with Crippen molar-refractivity contribution in [3.05, 3.63) is 63.9 Å². The largest absolute Gasteiger partial charge is 0.497 e. The third-order valence-corrected chi connectivity index (χ3v) is 6.42. The Morgan fingerprint density at radius 3 is 2.53 bits per heavy atom. The second-order valence-corrected chi connectivity index (χ2v) is 9.15. The van der Waals surface area contributed by atoms with Gasteiger partial charge in [-0.05, 0) is 49.7 Å². The van der Waals surface area contributed by atoms with Gasteiger partial charge in [-0.15, -0.1) is 10.2 Å². The maximum absolute atomic E-state index is 12.5. The van der Waals surface area contributed by atoms with E-state index in [4.69, 9.17) is 27.9 Å². The Labute approximate surface area is 212 Å². The minimum absolute atomic E-state index is 0.110. The molecule has 11 heteroatoms. The predicted octanol–water partition coefficient (Wildman–Crippen LogP) is 4.76. The zero-order valence-corrected chi connectivity index (χ0v) is 21.3. The average Bonchev–Trinajstić information content (AvgIpc) is 3.23. The normalized spacial score (nSPS) is 11.7. The van der Waals surface area contributed by atoms with Crippen LogP contribution in [0.2, 0.25) is 10.0 Å². The van der Waals surface area contributed by atoms with Crippen LogP contribution in [0.3, 0.4) is 0 Å². The van der Waals surface area contributed by atoms with E-state index in [0.29, 0.717) is 33.3 Å². The molecular weight excluding hydrogens is 497 g/mol. The van der Waals surface area contributed by atoms with E-state index in [1.165, 1.54) is 11.8 Å². The average molecular weight is 522 g/mol. The van der Waals surface area contributed by atoms with Crippen LogP contribution in [-0.4, -0.2) is 39.4 Å². The molecule has 3 aromatic rings. The molecule has 0 aliphatic carbocycles. The van der Waals surface area contributed by atoms with Crippen LogP contribution in [0.4, 0.5) is 5.69 Å². The molecule has 0 radical (unpaired) electrons. The molecule has 34 heavy (non-hydrogen) atoms. The number of hydrogen-bond acceptors (Lipinski definition) is 6. The number of carbonyl (C=O) groups is 2. The van der Waals surface area contributed by atoms with Gasteiger partial charge in [-0.1, -0.05) is 47.1 Å². The molecule has 0 saturated carbocycles. The highest BCUT2D eigenvalue weighted by atomic mass is 35.5. The van der Waals surface area contributed by atoms with Gasteiger partial charge in [0.05, 0.1) is 36.0 Å². The summed E-state index contributed by atoms with van der Waals surface area (Å²) < 4.78 is 7.02. The number of aromatic nitrogens is 3. The molecule has 0 aliphatic rings. The van der Waals surface area contributed by atoms with Gasteiger partial charge in [0, 0.05) is 11.6 Å². The van der Waals surface area contributed by atoms with Crippen molar-refractivity contribution in [2.45, 2.75) is 38.0 Å². The molecule has 3 rings (SSSR count). The maximum atomic E-state index is 12.5. The molecule has 0 bridgehead atoms. The fourth-order valence-corrected chi connectivity index (χ4v) is 4.37. The van der Waals surface area contributed by atoms with Crippen molar-refractivity contribution in [2.24, 2.45) is 0 Å². The summed E-state index contributed by atoms with van der Waals surface area (Å²) in [6, 6.07) is 11.9. The van der Waals surface area contributed by atoms with Gasteiger partial charge >= 0.3 is 0 Å². The molecule has 1 aromatic heterocycles. The summed E-state index contributed by atoms with van der Waals surface area (Å²) in [6.07, 6.45) is 0.239. The Hall–Kier alpha value is -2.75. The standard InChI is InChI=1S/C23H25Cl2N5O3S/c1-4-30-22(14(2)26-20(31)11-15-5-8-17(33-3)9-6-15)28-29-23(30)34-13-21(32)27-19-12-16(24)7-10-18(19)25/h5-10,12,14H,4,11,13H2,1-3H3,(H,26,31)(H,27,32)/t14-/m0/s1. The van der Waals surface area contributed by atoms with Crippen molar-refractivity contribution < 1.29 is 14.3 Å². The lowest BCUT2D eigenvalue weighted by Gasteiger charge is -2.15. The monoisotopic (exact) mass is 521 g/mol. The number of amides is 2. The minimum Gasteiger partial charge on any atom is -0.497 e. The lowest BCUT2D eigenvalue weighted by Crippen LogP contribution is -2.30. The first-order valence-electron chi connectivity index (χ1n) is 10.5. The van der Waals surface area contributed by atoms with E-state index in [-0.39, 0.29) is 30.0 Å². The quantitative estimate of drug-likeness (QED) is 0.373. The highest BCUT2D eigenvalue weighted by Crippen LogP contribution is 2.26. The van der Waals surface area contributed by atoms with Crippen LogP contribution in [0.25, 0.3) is 0 Å². The van der Waals surface area contributed by atoms with E-state index in [9.17, 15) is 9.59 Å². The Morgan fingerprint density at radius 2 is 1.85 bits per heavy atom. The molecule has 1 heterocycles. The molecule has 180 valence electrons. The third-order valence-electron chi connectivity index (χ3n) is 4.89. The molecule has 8 nitrogen and oxygen atoms in total. The fraction of sp³-hybridized carbons (Fsp3) is 0.304. The Kier molecular flexibility index (Phi) is 9.20. The van der Waals surface area contributed by atoms with Gasteiger partial charge in [0.1, 0.15) is 5.75 Å². The van der Waals surface area contributed by atoms with Crippen LogP contribution in [0, 0.1) is 0 Å². The van der Waals surface area contributed by atoms with Gasteiger partial charge in [-0.3, -0.25) is 9.59 Å². The number of benzene rings is 2. The zero-order valence-electron chi connectivity index (χ0n) is 19.0. The van der Waals surface area contributed by atoms with Crippen LogP contribution in [0.15, 0.2) is 47.6 Å². The molecule has 0 aliphatic heterocycles. The van der Waals surface area contributed by atoms with Crippen LogP contribution in [0.1, 0.15) is 31.3 Å². The van der Waals surface area contributed by atoms with E-state index in [0.717, 1.165) is 11.3 Å². The number of methoxy groups -OCH3 is 1. The number of halogens is 2. The van der Waals surface area contributed by atoms with Crippen molar-refractivity contribution in [3.8, 4) is 5.75 Å². The first kappa shape index (κ1) is 25.9. The van der Waals surface area contributed by atoms with Gasteiger partial charge in [-0.2, -0.15) is 0 Å². The summed E-state index contributed by atoms with van der Waals surface area (Å²) in [6.45, 7) is 4.39. The second kappa shape index (κ2) is 12.1. The molecule has 2 amide bonds. The van der Waals surface area contributed by atoms with Crippen LogP contribution < -0.4 is 15.4 Å². The van der Waals surface area contributed by atoms with Gasteiger partial charge in [-0.25, -0.2) is 0 Å². The Balaban J connectivity index is 1.58. The number of thioether (sulfide) groups is 1. The Morgan fingerprint density at radius 1 is 1.12 bits per heavy atom. The first-order valence-corrected chi connectivity index (χ1v) is 12.3. The molecule has 0 saturated heterocycles. The fourth-order valence-electron chi connectivity index (χ4n) is 3.22. The summed E-state index contributed by atoms with van der Waals surface area (Å²) in [5.74, 6) is 1.09. The SMILES string of the molecule is CCn1c(SCC(=O)Nc2cc(Cl)ccc2Cl)nnc1[C@H](C)NC(=O)Cc1ccc(OC)cc1. The van der Waals surface area contributed by atoms with E-state index >= 15 is 0 Å². The summed E-state index contributed by atoms with van der Waals surface area (Å²) in [5, 5.41) is 15.6. The van der Waals surface area contributed by atoms with E-state index in [1.54, 1.807) is 25.3 Å². The summed E-state index contributed by atoms with van der Waals surface area (Å²) in [7, 11) is 1.60. The lowest BCUT2D eigenvalue weighted by atomic mass is 10.1. The van der Waals surface area contributed by atoms with Gasteiger partial charge in [0.2, 0.25) is 11.8 Å². The molecule has 0 spiro atoms. The smallest absolute Gasteiger partial charge is 0.234 e. The van der Waals surface area contributed by atoms with Crippen molar-refractivity contribution in [2.75, 3.05) is 18.2 Å². The van der Waals surface area contributed by atoms with Gasteiger partial charge in [0.25, 0.3) is 0 Å². The van der Waals surface area contributed by atoms with Crippen molar-refractivity contribution >= 4 is 52.5 Å². The summed E-state index contributed by atoms with van der Waals surface area (Å²) >= 11 is 13.3. The van der Waals surface area contributed by atoms with Crippen LogP contribution >= 0.6 is 35.0 Å². The van der Waals surface area contributed by atoms with Crippen molar-refractivity contribution in [1.82, 2.24) is 20.1 Å². The third kappa shape index (κ3) is 6.88. The zero-order chi connectivity index (χ0) is 24.7. The molecule has 0 unspecified atom stereocenters. The van der Waals surface area contributed by atoms with E-state index < -0.39 is 0 Å². The first-order chi connectivity index (χ1) is 16.3. The second-order valence-electron chi connectivity index (χ2n) is 7.36. The van der Waals surface area contributed by atoms with Crippen molar-refractivity contribution in [1.29, 1.82) is 0 Å². The molecule has 2 aromatic carbocycles. The van der Waals surface area contributed by atoms with Gasteiger partial charge in [0.15, 0.2) is 11.0 Å². The topological polar surface area (TPSA) is 98.1 Å². The summed E-state index contributed by atoms with van der Waals surface area (Å²) in [4.78, 5) is 24.9. The van der Waals surface area contributed by atoms with E-state index in [1.807, 2.05) is 42.7 Å². The maximum Gasteiger partial charge on any atom is 0.234 e. The number of ether oxygens (including phenoxy) is 1. The number of rotatable bonds is 10. The highest BCUT2D eigenvalue weighted by molar-refractivity contribution is 7.99. The number of carbonyl (C=O) groups excluding carboxylic acids is 2. The molecule has 0 fully saturated rings. The number of anilines is 1. The predicted molar refractivity (Wildman–Crippen MR) is 135 cm³/mol. The minimum atomic E-state index is -0.355. The van der Waals surface area contributed by atoms with Crippen LogP contribution in [0.5, 0.6) is 5.75 Å². The van der Waals surface area contributed by atoms with Gasteiger partial charge < -0.3 is 19.9 Å². The number of nitrogens with zero attached hydrogens (tertiary/aromatic N) is 3. The highest BCUT2D eigenvalue weighted by Gasteiger charge is 2.20.